The summed E-state index contributed by atoms with van der Waals surface area (Å²) in [5, 5.41) is 10.7. The Kier molecular flexibility index (Phi) is 73.1. The predicted octanol–water partition coefficient (Wildman–Crippen LogP) is 25.1. The highest BCUT2D eigenvalue weighted by Gasteiger charge is 2.30. The summed E-state index contributed by atoms with van der Waals surface area (Å²) in [4.78, 5) is 73.2. The van der Waals surface area contributed by atoms with Crippen molar-refractivity contribution in [2.75, 3.05) is 39.6 Å². The number of hydrogen-bond donors (Lipinski definition) is 3. The van der Waals surface area contributed by atoms with Gasteiger partial charge in [-0.1, -0.05) is 388 Å². The second-order valence-corrected chi connectivity index (χ2v) is 33.7. The molecule has 0 saturated heterocycles. The lowest BCUT2D eigenvalue weighted by molar-refractivity contribution is -0.161. The summed E-state index contributed by atoms with van der Waals surface area (Å²) in [6.07, 6.45) is 65.1. The zero-order valence-electron chi connectivity index (χ0n) is 66.9. The molecule has 2 unspecified atom stereocenters. The molecule has 0 aromatic carbocycles. The first-order valence-electron chi connectivity index (χ1n) is 43.0. The molecule has 0 aromatic heterocycles. The van der Waals surface area contributed by atoms with E-state index in [1.807, 2.05) is 0 Å². The number of aliphatic hydroxyl groups excluding tert-OH is 1. The van der Waals surface area contributed by atoms with Crippen molar-refractivity contribution in [1.82, 2.24) is 0 Å². The van der Waals surface area contributed by atoms with Crippen LogP contribution in [0.1, 0.15) is 440 Å². The van der Waals surface area contributed by atoms with Gasteiger partial charge in [-0.3, -0.25) is 37.3 Å². The summed E-state index contributed by atoms with van der Waals surface area (Å²) >= 11 is 0. The van der Waals surface area contributed by atoms with Crippen molar-refractivity contribution in [2.24, 2.45) is 11.8 Å². The lowest BCUT2D eigenvalue weighted by atomic mass is 10.0. The lowest BCUT2D eigenvalue weighted by Crippen LogP contribution is -2.30. The van der Waals surface area contributed by atoms with Crippen LogP contribution in [0.5, 0.6) is 0 Å². The number of carbonyl (C=O) groups is 4. The van der Waals surface area contributed by atoms with Crippen molar-refractivity contribution < 1.29 is 80.2 Å². The van der Waals surface area contributed by atoms with Gasteiger partial charge >= 0.3 is 39.5 Å². The zero-order chi connectivity index (χ0) is 74.9. The Balaban J connectivity index is 5.26. The number of aliphatic hydroxyl groups is 1. The van der Waals surface area contributed by atoms with Crippen molar-refractivity contribution in [3.8, 4) is 0 Å². The van der Waals surface area contributed by atoms with E-state index in [1.165, 1.54) is 257 Å². The number of unbranched alkanes of at least 4 members (excludes halogenated alkanes) is 52. The quantitative estimate of drug-likeness (QED) is 0.0222. The molecule has 0 saturated carbocycles. The lowest BCUT2D eigenvalue weighted by Gasteiger charge is -2.21. The second kappa shape index (κ2) is 74.5. The number of rotatable bonds is 82. The highest BCUT2D eigenvalue weighted by molar-refractivity contribution is 7.47. The van der Waals surface area contributed by atoms with Gasteiger partial charge in [-0.05, 0) is 37.5 Å². The first-order chi connectivity index (χ1) is 49.4. The van der Waals surface area contributed by atoms with Crippen molar-refractivity contribution >= 4 is 39.5 Å². The highest BCUT2D eigenvalue weighted by Crippen LogP contribution is 2.45. The van der Waals surface area contributed by atoms with E-state index in [0.717, 1.165) is 102 Å². The molecule has 102 heavy (non-hydrogen) atoms. The van der Waals surface area contributed by atoms with E-state index in [1.54, 1.807) is 0 Å². The van der Waals surface area contributed by atoms with Crippen LogP contribution in [0.3, 0.4) is 0 Å². The molecule has 0 aromatic rings. The van der Waals surface area contributed by atoms with Gasteiger partial charge in [0.2, 0.25) is 0 Å². The van der Waals surface area contributed by atoms with Gasteiger partial charge < -0.3 is 33.8 Å². The smallest absolute Gasteiger partial charge is 0.462 e. The average Bonchev–Trinajstić information content (AvgIpc) is 0.923. The Bertz CT molecular complexity index is 1960. The molecule has 606 valence electrons. The van der Waals surface area contributed by atoms with E-state index in [2.05, 4.69) is 41.5 Å². The molecule has 0 bridgehead atoms. The summed E-state index contributed by atoms with van der Waals surface area (Å²) in [7, 11) is -9.92. The fourth-order valence-electron chi connectivity index (χ4n) is 12.9. The van der Waals surface area contributed by atoms with Gasteiger partial charge in [0.25, 0.3) is 0 Å². The molecule has 0 heterocycles. The van der Waals surface area contributed by atoms with E-state index in [9.17, 15) is 43.2 Å². The molecule has 0 fully saturated rings. The van der Waals surface area contributed by atoms with E-state index in [-0.39, 0.29) is 25.7 Å². The maximum Gasteiger partial charge on any atom is 0.472 e. The fraction of sp³-hybridized carbons (Fsp3) is 0.952. The largest absolute Gasteiger partial charge is 0.472 e. The van der Waals surface area contributed by atoms with Gasteiger partial charge in [0.05, 0.1) is 26.4 Å². The third kappa shape index (κ3) is 76.3. The van der Waals surface area contributed by atoms with Crippen molar-refractivity contribution in [2.45, 2.75) is 458 Å². The van der Waals surface area contributed by atoms with Crippen LogP contribution in [0.15, 0.2) is 0 Å². The third-order valence-corrected chi connectivity index (χ3v) is 21.4. The maximum atomic E-state index is 13.1. The van der Waals surface area contributed by atoms with Crippen LogP contribution < -0.4 is 0 Å². The molecule has 17 nitrogen and oxygen atoms in total. The Morgan fingerprint density at radius 1 is 0.265 bits per heavy atom. The first kappa shape index (κ1) is 100. The maximum absolute atomic E-state index is 13.1. The monoisotopic (exact) mass is 1490 g/mol. The van der Waals surface area contributed by atoms with Crippen LogP contribution in [0.25, 0.3) is 0 Å². The molecule has 3 N–H and O–H groups in total. The summed E-state index contributed by atoms with van der Waals surface area (Å²) in [5.41, 5.74) is 0. The van der Waals surface area contributed by atoms with Crippen molar-refractivity contribution in [3.05, 3.63) is 0 Å². The molecule has 0 aliphatic rings. The molecule has 0 aliphatic carbocycles. The molecule has 0 spiro atoms. The standard InChI is InChI=1S/C83H162O17P2/c1-7-9-11-13-15-17-19-21-22-23-26-30-36-42-48-54-60-66-81(86)94-71-78(99-82(87)67-61-55-49-43-37-31-27-24-25-29-33-39-45-51-57-63-75(3)4)73-97-101(89,90)95-69-77(84)70-96-102(91,92)98-74-79(72-93-80(85)65-59-53-47-41-35-28-20-18-16-14-12-10-8-2)100-83(88)68-62-56-50-44-38-32-34-40-46-52-58-64-76(5)6/h75-79,84H,7-74H2,1-6H3,(H,89,90)(H,91,92)/t77-,78-,79-/m1/s1. The van der Waals surface area contributed by atoms with Gasteiger partial charge in [0.15, 0.2) is 12.2 Å². The summed E-state index contributed by atoms with van der Waals surface area (Å²) in [6, 6.07) is 0. The van der Waals surface area contributed by atoms with E-state index < -0.39 is 97.5 Å². The number of hydrogen-bond acceptors (Lipinski definition) is 15. The van der Waals surface area contributed by atoms with Gasteiger partial charge in [-0.15, -0.1) is 0 Å². The normalized spacial score (nSPS) is 13.9. The number of esters is 4. The van der Waals surface area contributed by atoms with Gasteiger partial charge in [-0.2, -0.15) is 0 Å². The fourth-order valence-corrected chi connectivity index (χ4v) is 14.5. The molecule has 19 heteroatoms. The van der Waals surface area contributed by atoms with Crippen LogP contribution in [-0.2, 0) is 65.4 Å². The average molecular weight is 1490 g/mol. The van der Waals surface area contributed by atoms with Crippen LogP contribution in [0.4, 0.5) is 0 Å². The minimum Gasteiger partial charge on any atom is -0.462 e. The number of carbonyl (C=O) groups excluding carboxylic acids is 4. The van der Waals surface area contributed by atoms with Gasteiger partial charge in [-0.25, -0.2) is 9.13 Å². The van der Waals surface area contributed by atoms with Crippen LogP contribution in [0, 0.1) is 11.8 Å². The predicted molar refractivity (Wildman–Crippen MR) is 418 cm³/mol. The molecule has 0 radical (unpaired) electrons. The molecular formula is C83H162O17P2. The van der Waals surface area contributed by atoms with E-state index in [0.29, 0.717) is 25.7 Å². The second-order valence-electron chi connectivity index (χ2n) is 30.8. The molecule has 0 amide bonds. The zero-order valence-corrected chi connectivity index (χ0v) is 68.7. The number of ether oxygens (including phenoxy) is 4. The van der Waals surface area contributed by atoms with Crippen LogP contribution in [-0.4, -0.2) is 96.7 Å². The molecule has 5 atom stereocenters. The third-order valence-electron chi connectivity index (χ3n) is 19.5. The number of phosphoric ester groups is 2. The summed E-state index contributed by atoms with van der Waals surface area (Å²) < 4.78 is 68.8. The minimum atomic E-state index is -4.96. The van der Waals surface area contributed by atoms with E-state index in [4.69, 9.17) is 37.0 Å². The van der Waals surface area contributed by atoms with Crippen LogP contribution >= 0.6 is 15.6 Å². The summed E-state index contributed by atoms with van der Waals surface area (Å²) in [5.74, 6) is -0.535. The molecule has 0 aliphatic heterocycles. The minimum absolute atomic E-state index is 0.107. The Hall–Kier alpha value is -1.94. The molecule has 0 rings (SSSR count). The highest BCUT2D eigenvalue weighted by atomic mass is 31.2. The van der Waals surface area contributed by atoms with Gasteiger partial charge in [0, 0.05) is 25.7 Å². The molecular weight excluding hydrogens is 1330 g/mol. The first-order valence-corrected chi connectivity index (χ1v) is 46.0. The van der Waals surface area contributed by atoms with E-state index >= 15 is 0 Å². The number of phosphoric acid groups is 2. The van der Waals surface area contributed by atoms with Crippen LogP contribution in [0.2, 0.25) is 0 Å². The SMILES string of the molecule is CCCCCCCCCCCCCCCCCCCC(=O)OC[C@H](COP(=O)(O)OC[C@@H](O)COP(=O)(O)OC[C@@H](COC(=O)CCCCCCCCCCCCCCC)OC(=O)CCCCCCCCCCCCCC(C)C)OC(=O)CCCCCCCCCCCCCCCCCC(C)C. The topological polar surface area (TPSA) is 237 Å². The van der Waals surface area contributed by atoms with Crippen molar-refractivity contribution in [3.63, 3.8) is 0 Å². The summed E-state index contributed by atoms with van der Waals surface area (Å²) in [6.45, 7) is 9.69. The Morgan fingerprint density at radius 3 is 0.667 bits per heavy atom. The van der Waals surface area contributed by atoms with Crippen molar-refractivity contribution in [1.29, 1.82) is 0 Å². The Labute approximate surface area is 626 Å². The Morgan fingerprint density at radius 2 is 0.451 bits per heavy atom. The van der Waals surface area contributed by atoms with Gasteiger partial charge in [0.1, 0.15) is 19.3 Å².